The molecule has 0 N–H and O–H groups in total. The van der Waals surface area contributed by atoms with Gasteiger partial charge in [0.15, 0.2) is 5.16 Å². The number of rotatable bonds is 6. The Labute approximate surface area is 206 Å². The molecule has 0 radical (unpaired) electrons. The van der Waals surface area contributed by atoms with Crippen LogP contribution in [0.25, 0.3) is 10.2 Å². The largest absolute Gasteiger partial charge is 0.332 e. The van der Waals surface area contributed by atoms with Crippen LogP contribution in [0, 0.1) is 23.6 Å². The molecule has 0 aliphatic heterocycles. The van der Waals surface area contributed by atoms with Crippen LogP contribution in [0.5, 0.6) is 0 Å². The van der Waals surface area contributed by atoms with Crippen molar-refractivity contribution >= 4 is 39.2 Å². The van der Waals surface area contributed by atoms with Crippen molar-refractivity contribution in [2.45, 2.75) is 55.8 Å². The summed E-state index contributed by atoms with van der Waals surface area (Å²) >= 11 is 2.78. The molecule has 34 heavy (non-hydrogen) atoms. The third kappa shape index (κ3) is 3.88. The molecule has 0 saturated heterocycles. The summed E-state index contributed by atoms with van der Waals surface area (Å²) in [4.78, 5) is 34.0. The second kappa shape index (κ2) is 8.48. The first-order chi connectivity index (χ1) is 16.4. The molecule has 4 bridgehead atoms. The Hall–Kier alpha value is -2.19. The van der Waals surface area contributed by atoms with Crippen molar-refractivity contribution in [2.24, 2.45) is 24.8 Å². The van der Waals surface area contributed by atoms with E-state index < -0.39 is 0 Å². The van der Waals surface area contributed by atoms with Crippen molar-refractivity contribution in [2.75, 3.05) is 5.75 Å². The number of fused-ring (bicyclic) bond motifs is 1. The van der Waals surface area contributed by atoms with Gasteiger partial charge in [0.1, 0.15) is 10.6 Å². The SMILES string of the molecule is Cn1c(SCC(=O)N(Cc2ccc(F)cc2)C23CC4CC(CC(C4)C2)C3)nc2sccc2c1=O. The van der Waals surface area contributed by atoms with E-state index >= 15 is 0 Å². The summed E-state index contributed by atoms with van der Waals surface area (Å²) in [5.41, 5.74) is 0.782. The fourth-order valence-electron chi connectivity index (χ4n) is 7.00. The van der Waals surface area contributed by atoms with Crippen molar-refractivity contribution in [3.8, 4) is 0 Å². The average molecular weight is 498 g/mol. The third-order valence-corrected chi connectivity index (χ3v) is 9.94. The molecule has 7 rings (SSSR count). The summed E-state index contributed by atoms with van der Waals surface area (Å²) in [5, 5.41) is 3.06. The lowest BCUT2D eigenvalue weighted by atomic mass is 9.52. The number of benzene rings is 1. The van der Waals surface area contributed by atoms with Crippen LogP contribution < -0.4 is 5.56 Å². The Bertz CT molecular complexity index is 1260. The molecule has 2 aromatic heterocycles. The highest BCUT2D eigenvalue weighted by Crippen LogP contribution is 2.58. The molecule has 1 aromatic carbocycles. The Balaban J connectivity index is 1.28. The number of aromatic nitrogens is 2. The lowest BCUT2D eigenvalue weighted by Crippen LogP contribution is -2.61. The molecule has 4 aliphatic carbocycles. The Morgan fingerprint density at radius 1 is 1.15 bits per heavy atom. The van der Waals surface area contributed by atoms with Gasteiger partial charge in [-0.1, -0.05) is 23.9 Å². The van der Waals surface area contributed by atoms with E-state index in [1.54, 1.807) is 29.8 Å². The van der Waals surface area contributed by atoms with Crippen LogP contribution in [-0.4, -0.2) is 31.6 Å². The van der Waals surface area contributed by atoms with Crippen LogP contribution in [0.1, 0.15) is 44.1 Å². The van der Waals surface area contributed by atoms with E-state index in [4.69, 9.17) is 0 Å². The van der Waals surface area contributed by atoms with E-state index in [1.165, 1.54) is 54.5 Å². The van der Waals surface area contributed by atoms with E-state index in [0.717, 1.165) is 24.8 Å². The van der Waals surface area contributed by atoms with Gasteiger partial charge in [-0.25, -0.2) is 9.37 Å². The standard InChI is InChI=1S/C26H28FN3O2S2/c1-29-24(32)21-6-7-33-23(21)28-25(29)34-15-22(31)30(14-16-2-4-20(27)5-3-16)26-11-17-8-18(12-26)10-19(9-17)13-26/h2-7,17-19H,8-15H2,1H3. The molecule has 4 fully saturated rings. The number of thioether (sulfide) groups is 1. The zero-order valence-electron chi connectivity index (χ0n) is 19.2. The smallest absolute Gasteiger partial charge is 0.262 e. The number of amides is 1. The monoisotopic (exact) mass is 497 g/mol. The van der Waals surface area contributed by atoms with Gasteiger partial charge in [-0.3, -0.25) is 14.2 Å². The minimum Gasteiger partial charge on any atom is -0.332 e. The molecule has 0 unspecified atom stereocenters. The van der Waals surface area contributed by atoms with Crippen molar-refractivity contribution in [3.63, 3.8) is 0 Å². The number of hydrogen-bond donors (Lipinski definition) is 0. The number of hydrogen-bond acceptors (Lipinski definition) is 5. The first kappa shape index (κ1) is 22.3. The summed E-state index contributed by atoms with van der Waals surface area (Å²) in [6.07, 6.45) is 7.15. The molecule has 8 heteroatoms. The van der Waals surface area contributed by atoms with Gasteiger partial charge in [0.2, 0.25) is 5.91 Å². The highest BCUT2D eigenvalue weighted by molar-refractivity contribution is 7.99. The molecule has 4 aliphatic rings. The summed E-state index contributed by atoms with van der Waals surface area (Å²) in [6, 6.07) is 8.33. The summed E-state index contributed by atoms with van der Waals surface area (Å²) in [6.45, 7) is 0.502. The van der Waals surface area contributed by atoms with E-state index in [9.17, 15) is 14.0 Å². The van der Waals surface area contributed by atoms with Gasteiger partial charge in [-0.2, -0.15) is 0 Å². The van der Waals surface area contributed by atoms with Gasteiger partial charge >= 0.3 is 0 Å². The van der Waals surface area contributed by atoms with Gasteiger partial charge in [0.25, 0.3) is 5.56 Å². The van der Waals surface area contributed by atoms with Crippen LogP contribution in [-0.2, 0) is 18.4 Å². The van der Waals surface area contributed by atoms with Crippen LogP contribution >= 0.6 is 23.1 Å². The molecule has 3 aromatic rings. The van der Waals surface area contributed by atoms with Crippen molar-refractivity contribution in [3.05, 3.63) is 57.4 Å². The fraction of sp³-hybridized carbons (Fsp3) is 0.500. The Morgan fingerprint density at radius 2 is 1.79 bits per heavy atom. The zero-order valence-corrected chi connectivity index (χ0v) is 20.8. The molecule has 1 amide bonds. The number of carbonyl (C=O) groups excluding carboxylic acids is 1. The topological polar surface area (TPSA) is 55.2 Å². The Morgan fingerprint density at radius 3 is 2.44 bits per heavy atom. The van der Waals surface area contributed by atoms with Crippen LogP contribution in [0.3, 0.4) is 0 Å². The first-order valence-corrected chi connectivity index (χ1v) is 13.9. The van der Waals surface area contributed by atoms with E-state index in [-0.39, 0.29) is 28.6 Å². The van der Waals surface area contributed by atoms with Gasteiger partial charge in [0, 0.05) is 19.1 Å². The molecular formula is C26H28FN3O2S2. The maximum absolute atomic E-state index is 13.8. The van der Waals surface area contributed by atoms with Crippen LogP contribution in [0.4, 0.5) is 4.39 Å². The van der Waals surface area contributed by atoms with E-state index in [2.05, 4.69) is 9.88 Å². The maximum atomic E-state index is 13.8. The molecular weight excluding hydrogens is 469 g/mol. The van der Waals surface area contributed by atoms with Crippen molar-refractivity contribution < 1.29 is 9.18 Å². The normalized spacial score (nSPS) is 27.4. The predicted octanol–water partition coefficient (Wildman–Crippen LogP) is 5.22. The lowest BCUT2D eigenvalue weighted by molar-refractivity contribution is -0.149. The average Bonchev–Trinajstić information content (AvgIpc) is 3.27. The quantitative estimate of drug-likeness (QED) is 0.346. The van der Waals surface area contributed by atoms with E-state index in [1.807, 2.05) is 5.38 Å². The van der Waals surface area contributed by atoms with E-state index in [0.29, 0.717) is 39.7 Å². The minimum atomic E-state index is -0.261. The molecule has 0 spiro atoms. The Kier molecular flexibility index (Phi) is 5.56. The zero-order chi connectivity index (χ0) is 23.4. The fourth-order valence-corrected chi connectivity index (χ4v) is 8.65. The third-order valence-electron chi connectivity index (χ3n) is 8.12. The summed E-state index contributed by atoms with van der Waals surface area (Å²) in [5.74, 6) is 2.20. The van der Waals surface area contributed by atoms with Gasteiger partial charge in [-0.05, 0) is 85.4 Å². The number of thiophene rings is 1. The van der Waals surface area contributed by atoms with Gasteiger partial charge in [-0.15, -0.1) is 11.3 Å². The van der Waals surface area contributed by atoms with Gasteiger partial charge in [0.05, 0.1) is 11.1 Å². The molecule has 178 valence electrons. The molecule has 5 nitrogen and oxygen atoms in total. The second-order valence-electron chi connectivity index (χ2n) is 10.4. The van der Waals surface area contributed by atoms with Gasteiger partial charge < -0.3 is 4.90 Å². The van der Waals surface area contributed by atoms with Crippen LogP contribution in [0.2, 0.25) is 0 Å². The van der Waals surface area contributed by atoms with Crippen molar-refractivity contribution in [1.82, 2.24) is 14.5 Å². The molecule has 2 heterocycles. The lowest BCUT2D eigenvalue weighted by Gasteiger charge is -2.60. The highest BCUT2D eigenvalue weighted by Gasteiger charge is 2.54. The molecule has 4 saturated carbocycles. The van der Waals surface area contributed by atoms with Crippen molar-refractivity contribution in [1.29, 1.82) is 0 Å². The number of halogens is 1. The second-order valence-corrected chi connectivity index (χ2v) is 12.3. The first-order valence-electron chi connectivity index (χ1n) is 12.0. The number of carbonyl (C=O) groups is 1. The highest BCUT2D eigenvalue weighted by atomic mass is 32.2. The predicted molar refractivity (Wildman–Crippen MR) is 133 cm³/mol. The van der Waals surface area contributed by atoms with Crippen LogP contribution in [0.15, 0.2) is 45.7 Å². The molecule has 0 atom stereocenters. The maximum Gasteiger partial charge on any atom is 0.262 e. The summed E-state index contributed by atoms with van der Waals surface area (Å²) < 4.78 is 15.1. The number of nitrogens with zero attached hydrogens (tertiary/aromatic N) is 3. The summed E-state index contributed by atoms with van der Waals surface area (Å²) in [7, 11) is 1.72. The minimum absolute atomic E-state index is 0.0783.